The minimum Gasteiger partial charge on any atom is -0.353 e. The van der Waals surface area contributed by atoms with Crippen LogP contribution in [0.15, 0.2) is 59.8 Å². The molecule has 4 heterocycles. The van der Waals surface area contributed by atoms with E-state index in [2.05, 4.69) is 34.0 Å². The normalized spacial score (nSPS) is 13.8. The summed E-state index contributed by atoms with van der Waals surface area (Å²) in [5.74, 6) is 0.886. The first kappa shape index (κ1) is 25.6. The van der Waals surface area contributed by atoms with Crippen LogP contribution in [-0.2, 0) is 11.3 Å². The second-order valence-corrected chi connectivity index (χ2v) is 10.7. The SMILES string of the molecule is Cc1c(C(=O)N2CCN(c3ccccn3)CC2)sc2ncn(CC(=O)Nc3ccc(C(C)C)cc3)c(=O)c12. The van der Waals surface area contributed by atoms with Gasteiger partial charge in [-0.2, -0.15) is 0 Å². The van der Waals surface area contributed by atoms with Crippen LogP contribution in [0.25, 0.3) is 10.2 Å². The number of piperazine rings is 1. The van der Waals surface area contributed by atoms with E-state index in [4.69, 9.17) is 0 Å². The predicted molar refractivity (Wildman–Crippen MR) is 150 cm³/mol. The van der Waals surface area contributed by atoms with Crippen LogP contribution in [0.5, 0.6) is 0 Å². The Kier molecular flexibility index (Phi) is 7.24. The van der Waals surface area contributed by atoms with Crippen molar-refractivity contribution in [1.29, 1.82) is 0 Å². The van der Waals surface area contributed by atoms with Gasteiger partial charge in [0.1, 0.15) is 17.2 Å². The third-order valence-electron chi connectivity index (χ3n) is 6.83. The summed E-state index contributed by atoms with van der Waals surface area (Å²) in [6.07, 6.45) is 3.14. The summed E-state index contributed by atoms with van der Waals surface area (Å²) >= 11 is 1.23. The first-order chi connectivity index (χ1) is 18.3. The van der Waals surface area contributed by atoms with E-state index in [0.29, 0.717) is 58.4 Å². The average molecular weight is 531 g/mol. The molecular formula is C28H30N6O3S. The molecule has 0 aliphatic carbocycles. The molecule has 0 saturated carbocycles. The number of carbonyl (C=O) groups excluding carboxylic acids is 2. The van der Waals surface area contributed by atoms with Crippen LogP contribution in [-0.4, -0.2) is 57.4 Å². The Bertz CT molecular complexity index is 1520. The second-order valence-electron chi connectivity index (χ2n) is 9.71. The number of anilines is 2. The van der Waals surface area contributed by atoms with Crippen LogP contribution in [0.4, 0.5) is 11.5 Å². The standard InChI is InChI=1S/C28H30N6O3S/c1-18(2)20-7-9-21(10-8-20)31-23(35)16-34-17-30-26-24(27(34)36)19(3)25(38-26)28(37)33-14-12-32(13-15-33)22-6-4-5-11-29-22/h4-11,17-18H,12-16H2,1-3H3,(H,31,35). The lowest BCUT2D eigenvalue weighted by molar-refractivity contribution is -0.116. The van der Waals surface area contributed by atoms with Crippen molar-refractivity contribution in [3.8, 4) is 0 Å². The number of hydrogen-bond acceptors (Lipinski definition) is 7. The Morgan fingerprint density at radius 3 is 2.42 bits per heavy atom. The Hall–Kier alpha value is -4.05. The molecule has 4 aromatic rings. The zero-order valence-corrected chi connectivity index (χ0v) is 22.5. The molecule has 1 saturated heterocycles. The highest BCUT2D eigenvalue weighted by Gasteiger charge is 2.27. The molecule has 1 N–H and O–H groups in total. The first-order valence-corrected chi connectivity index (χ1v) is 13.5. The fraction of sp³-hybridized carbons (Fsp3) is 0.321. The summed E-state index contributed by atoms with van der Waals surface area (Å²) in [6.45, 7) is 8.34. The number of fused-ring (bicyclic) bond motifs is 1. The van der Waals surface area contributed by atoms with Crippen molar-refractivity contribution in [3.63, 3.8) is 0 Å². The van der Waals surface area contributed by atoms with Gasteiger partial charge in [0.2, 0.25) is 5.91 Å². The fourth-order valence-corrected chi connectivity index (χ4v) is 5.71. The lowest BCUT2D eigenvalue weighted by atomic mass is 10.0. The van der Waals surface area contributed by atoms with Crippen molar-refractivity contribution < 1.29 is 9.59 Å². The van der Waals surface area contributed by atoms with Gasteiger partial charge in [-0.15, -0.1) is 11.3 Å². The molecule has 0 atom stereocenters. The molecular weight excluding hydrogens is 500 g/mol. The number of aryl methyl sites for hydroxylation is 1. The maximum Gasteiger partial charge on any atom is 0.264 e. The summed E-state index contributed by atoms with van der Waals surface area (Å²) < 4.78 is 1.29. The topological polar surface area (TPSA) is 100 Å². The number of nitrogens with one attached hydrogen (secondary N) is 1. The average Bonchev–Trinajstić information content (AvgIpc) is 3.27. The summed E-state index contributed by atoms with van der Waals surface area (Å²) in [7, 11) is 0. The number of benzene rings is 1. The molecule has 0 unspecified atom stereocenters. The summed E-state index contributed by atoms with van der Waals surface area (Å²) in [4.78, 5) is 53.1. The monoisotopic (exact) mass is 530 g/mol. The van der Waals surface area contributed by atoms with Crippen molar-refractivity contribution in [2.45, 2.75) is 33.2 Å². The van der Waals surface area contributed by atoms with Crippen LogP contribution in [0.2, 0.25) is 0 Å². The Balaban J connectivity index is 1.29. The smallest absolute Gasteiger partial charge is 0.264 e. The number of carbonyl (C=O) groups is 2. The predicted octanol–water partition coefficient (Wildman–Crippen LogP) is 3.89. The van der Waals surface area contributed by atoms with Crippen LogP contribution >= 0.6 is 11.3 Å². The Labute approximate surface area is 224 Å². The Morgan fingerprint density at radius 1 is 1.03 bits per heavy atom. The lowest BCUT2D eigenvalue weighted by Crippen LogP contribution is -2.49. The molecule has 196 valence electrons. The highest BCUT2D eigenvalue weighted by molar-refractivity contribution is 7.20. The molecule has 0 radical (unpaired) electrons. The van der Waals surface area contributed by atoms with E-state index in [0.717, 1.165) is 5.82 Å². The number of amides is 2. The third kappa shape index (κ3) is 5.17. The van der Waals surface area contributed by atoms with E-state index in [9.17, 15) is 14.4 Å². The molecule has 1 aliphatic heterocycles. The highest BCUT2D eigenvalue weighted by atomic mass is 32.1. The van der Waals surface area contributed by atoms with Crippen LogP contribution in [0.3, 0.4) is 0 Å². The minimum atomic E-state index is -0.326. The van der Waals surface area contributed by atoms with Gasteiger partial charge in [-0.05, 0) is 48.2 Å². The molecule has 38 heavy (non-hydrogen) atoms. The van der Waals surface area contributed by atoms with E-state index in [1.165, 1.54) is 27.8 Å². The maximum atomic E-state index is 13.4. The number of aromatic nitrogens is 3. The van der Waals surface area contributed by atoms with Crippen molar-refractivity contribution in [2.24, 2.45) is 0 Å². The van der Waals surface area contributed by atoms with Crippen molar-refractivity contribution in [3.05, 3.63) is 81.3 Å². The van der Waals surface area contributed by atoms with E-state index >= 15 is 0 Å². The molecule has 10 heteroatoms. The van der Waals surface area contributed by atoms with Crippen LogP contribution in [0.1, 0.15) is 40.6 Å². The quantitative estimate of drug-likeness (QED) is 0.406. The van der Waals surface area contributed by atoms with E-state index in [-0.39, 0.29) is 23.9 Å². The first-order valence-electron chi connectivity index (χ1n) is 12.7. The van der Waals surface area contributed by atoms with Gasteiger partial charge in [-0.3, -0.25) is 19.0 Å². The van der Waals surface area contributed by atoms with Gasteiger partial charge in [-0.25, -0.2) is 9.97 Å². The highest BCUT2D eigenvalue weighted by Crippen LogP contribution is 2.28. The van der Waals surface area contributed by atoms with Crippen molar-refractivity contribution >= 4 is 44.9 Å². The number of nitrogens with zero attached hydrogens (tertiary/aromatic N) is 5. The van der Waals surface area contributed by atoms with E-state index in [1.807, 2.05) is 47.4 Å². The molecule has 9 nitrogen and oxygen atoms in total. The molecule has 1 aromatic carbocycles. The van der Waals surface area contributed by atoms with E-state index in [1.54, 1.807) is 13.1 Å². The molecule has 3 aromatic heterocycles. The number of hydrogen-bond donors (Lipinski definition) is 1. The summed E-state index contributed by atoms with van der Waals surface area (Å²) in [6, 6.07) is 13.5. The second kappa shape index (κ2) is 10.7. The van der Waals surface area contributed by atoms with Gasteiger partial charge in [0, 0.05) is 38.1 Å². The maximum absolute atomic E-state index is 13.4. The Morgan fingerprint density at radius 2 is 1.76 bits per heavy atom. The molecule has 1 fully saturated rings. The largest absolute Gasteiger partial charge is 0.353 e. The minimum absolute atomic E-state index is 0.0975. The van der Waals surface area contributed by atoms with Gasteiger partial charge < -0.3 is 15.1 Å². The molecule has 0 spiro atoms. The molecule has 2 amide bonds. The number of thiophene rings is 1. The van der Waals surface area contributed by atoms with Crippen LogP contribution in [0, 0.1) is 6.92 Å². The van der Waals surface area contributed by atoms with E-state index < -0.39 is 0 Å². The van der Waals surface area contributed by atoms with Crippen molar-refractivity contribution in [2.75, 3.05) is 36.4 Å². The number of pyridine rings is 1. The summed E-state index contributed by atoms with van der Waals surface area (Å²) in [5.41, 5.74) is 2.14. The summed E-state index contributed by atoms with van der Waals surface area (Å²) in [5, 5.41) is 3.23. The zero-order valence-electron chi connectivity index (χ0n) is 21.7. The third-order valence-corrected chi connectivity index (χ3v) is 8.01. The molecule has 5 rings (SSSR count). The fourth-order valence-electron chi connectivity index (χ4n) is 4.61. The van der Waals surface area contributed by atoms with Gasteiger partial charge in [0.15, 0.2) is 0 Å². The van der Waals surface area contributed by atoms with Gasteiger partial charge in [-0.1, -0.05) is 32.0 Å². The molecule has 0 bridgehead atoms. The van der Waals surface area contributed by atoms with Gasteiger partial charge in [0.05, 0.1) is 16.6 Å². The number of rotatable bonds is 6. The van der Waals surface area contributed by atoms with Gasteiger partial charge in [0.25, 0.3) is 11.5 Å². The van der Waals surface area contributed by atoms with Crippen LogP contribution < -0.4 is 15.8 Å². The zero-order chi connectivity index (χ0) is 26.8. The van der Waals surface area contributed by atoms with Gasteiger partial charge >= 0.3 is 0 Å². The van der Waals surface area contributed by atoms with Crippen molar-refractivity contribution in [1.82, 2.24) is 19.4 Å². The lowest BCUT2D eigenvalue weighted by Gasteiger charge is -2.35. The molecule has 1 aliphatic rings.